The summed E-state index contributed by atoms with van der Waals surface area (Å²) >= 11 is 0.797. The Morgan fingerprint density at radius 1 is 1.50 bits per heavy atom. The smallest absolute Gasteiger partial charge is 0.311 e. The summed E-state index contributed by atoms with van der Waals surface area (Å²) in [7, 11) is 1.31. The number of carbonyl (C=O) groups is 1. The number of aromatic amines is 1. The van der Waals surface area contributed by atoms with Crippen LogP contribution in [0.1, 0.15) is 18.3 Å². The van der Waals surface area contributed by atoms with Crippen LogP contribution in [0.15, 0.2) is 28.3 Å². The summed E-state index contributed by atoms with van der Waals surface area (Å²) in [6.07, 6.45) is 1.89. The molecule has 1 heterocycles. The molecule has 2 aromatic rings. The number of aromatic nitrogens is 3. The molecule has 0 atom stereocenters. The van der Waals surface area contributed by atoms with E-state index in [1.165, 1.54) is 31.4 Å². The number of nitrogens with zero attached hydrogens (tertiary/aromatic N) is 3. The summed E-state index contributed by atoms with van der Waals surface area (Å²) in [4.78, 5) is 25.7. The van der Waals surface area contributed by atoms with Crippen molar-refractivity contribution in [2.24, 2.45) is 0 Å². The van der Waals surface area contributed by atoms with Gasteiger partial charge in [0.1, 0.15) is 5.82 Å². The van der Waals surface area contributed by atoms with Crippen LogP contribution in [0.2, 0.25) is 0 Å². The van der Waals surface area contributed by atoms with Crippen LogP contribution in [0.25, 0.3) is 6.08 Å². The number of hydrogen-bond donors (Lipinski definition) is 1. The number of aliphatic carboxylic acids is 1. The van der Waals surface area contributed by atoms with Crippen molar-refractivity contribution < 1.29 is 19.6 Å². The monoisotopic (exact) mass is 349 g/mol. The zero-order valence-electron chi connectivity index (χ0n) is 12.8. The van der Waals surface area contributed by atoms with E-state index in [9.17, 15) is 20.0 Å². The average molecular weight is 349 g/mol. The number of nitro benzene ring substituents is 1. The van der Waals surface area contributed by atoms with E-state index in [0.717, 1.165) is 11.8 Å². The molecule has 2 rings (SSSR count). The Balaban J connectivity index is 2.35. The molecule has 0 bridgehead atoms. The van der Waals surface area contributed by atoms with Gasteiger partial charge in [0.05, 0.1) is 18.0 Å². The van der Waals surface area contributed by atoms with Gasteiger partial charge in [0, 0.05) is 17.4 Å². The number of aryl methyl sites for hydroxylation is 1. The van der Waals surface area contributed by atoms with Crippen molar-refractivity contribution in [1.82, 2.24) is 15.2 Å². The highest BCUT2D eigenvalue weighted by atomic mass is 32.2. The van der Waals surface area contributed by atoms with Crippen LogP contribution in [-0.4, -0.2) is 33.2 Å². The number of nitrogens with one attached hydrogen (secondary N) is 1. The van der Waals surface area contributed by atoms with Crippen molar-refractivity contribution in [3.8, 4) is 5.75 Å². The second-order valence-corrected chi connectivity index (χ2v) is 5.51. The third-order valence-corrected chi connectivity index (χ3v) is 3.82. The normalized spacial score (nSPS) is 11.3. The predicted octanol–water partition coefficient (Wildman–Crippen LogP) is 1.17. The van der Waals surface area contributed by atoms with Gasteiger partial charge in [-0.15, -0.1) is 5.10 Å². The number of thioether (sulfide) groups is 1. The predicted molar refractivity (Wildman–Crippen MR) is 84.3 cm³/mol. The van der Waals surface area contributed by atoms with Gasteiger partial charge in [-0.25, -0.2) is 4.98 Å². The Hall–Kier alpha value is -2.88. The molecular formula is C14H13N4O5S-. The van der Waals surface area contributed by atoms with Crippen molar-refractivity contribution in [2.45, 2.75) is 18.5 Å². The number of rotatable bonds is 7. The fraction of sp³-hybridized carbons (Fsp3) is 0.214. The lowest BCUT2D eigenvalue weighted by Gasteiger charge is -2.07. The summed E-state index contributed by atoms with van der Waals surface area (Å²) < 4.78 is 4.90. The summed E-state index contributed by atoms with van der Waals surface area (Å²) in [5.74, 6) is -0.724. The summed E-state index contributed by atoms with van der Waals surface area (Å²) in [5.41, 5.74) is 0.0561. The second kappa shape index (κ2) is 7.59. The molecular weight excluding hydrogens is 336 g/mol. The topological polar surface area (TPSA) is 134 Å². The van der Waals surface area contributed by atoms with E-state index in [4.69, 9.17) is 4.74 Å². The standard InChI is InChI=1S/C14H14N4O5S/c1-3-12-15-14(17-16-12)24-11(13(19)20)7-8-4-5-10(23-2)9(6-8)18(21)22/h4-7H,3H2,1-2H3,(H,19,20)(H,15,16,17)/p-1/b11-7-. The minimum absolute atomic E-state index is 0.0846. The Morgan fingerprint density at radius 2 is 2.25 bits per heavy atom. The lowest BCUT2D eigenvalue weighted by atomic mass is 10.1. The molecule has 0 unspecified atom stereocenters. The fourth-order valence-corrected chi connectivity index (χ4v) is 2.52. The molecule has 0 aliphatic carbocycles. The van der Waals surface area contributed by atoms with Gasteiger partial charge >= 0.3 is 5.69 Å². The first-order valence-electron chi connectivity index (χ1n) is 6.79. The maximum atomic E-state index is 11.3. The van der Waals surface area contributed by atoms with Gasteiger partial charge in [0.15, 0.2) is 5.75 Å². The quantitative estimate of drug-likeness (QED) is 0.341. The minimum Gasteiger partial charge on any atom is -0.544 e. The Kier molecular flexibility index (Phi) is 5.53. The summed E-state index contributed by atoms with van der Waals surface area (Å²) in [6, 6.07) is 4.12. The van der Waals surface area contributed by atoms with Gasteiger partial charge in [-0.3, -0.25) is 15.2 Å². The number of H-pyrrole nitrogens is 1. The van der Waals surface area contributed by atoms with Crippen LogP contribution in [0, 0.1) is 10.1 Å². The zero-order valence-corrected chi connectivity index (χ0v) is 13.6. The van der Waals surface area contributed by atoms with Gasteiger partial charge in [0.2, 0.25) is 5.16 Å². The Morgan fingerprint density at radius 3 is 2.79 bits per heavy atom. The maximum Gasteiger partial charge on any atom is 0.311 e. The molecule has 10 heteroatoms. The molecule has 24 heavy (non-hydrogen) atoms. The first-order chi connectivity index (χ1) is 11.4. The number of carboxylic acid groups (broad SMARTS) is 1. The van der Waals surface area contributed by atoms with Crippen LogP contribution in [-0.2, 0) is 11.2 Å². The van der Waals surface area contributed by atoms with Crippen LogP contribution in [0.4, 0.5) is 5.69 Å². The van der Waals surface area contributed by atoms with E-state index in [1.807, 2.05) is 6.92 Å². The van der Waals surface area contributed by atoms with Crippen molar-refractivity contribution in [3.05, 3.63) is 44.6 Å². The number of benzene rings is 1. The molecule has 0 aliphatic heterocycles. The van der Waals surface area contributed by atoms with Crippen LogP contribution in [0.3, 0.4) is 0 Å². The van der Waals surface area contributed by atoms with Crippen molar-refractivity contribution in [2.75, 3.05) is 7.11 Å². The summed E-state index contributed by atoms with van der Waals surface area (Å²) in [6.45, 7) is 1.88. The van der Waals surface area contributed by atoms with E-state index in [-0.39, 0.29) is 21.5 Å². The van der Waals surface area contributed by atoms with Gasteiger partial charge in [-0.05, 0) is 29.5 Å². The Labute approximate surface area is 140 Å². The van der Waals surface area contributed by atoms with Gasteiger partial charge in [-0.1, -0.05) is 13.0 Å². The summed E-state index contributed by atoms with van der Waals surface area (Å²) in [5, 5.41) is 29.1. The van der Waals surface area contributed by atoms with Gasteiger partial charge < -0.3 is 14.6 Å². The van der Waals surface area contributed by atoms with Crippen molar-refractivity contribution in [3.63, 3.8) is 0 Å². The lowest BCUT2D eigenvalue weighted by molar-refractivity contribution is -0.385. The molecule has 0 fully saturated rings. The van der Waals surface area contributed by atoms with Crippen LogP contribution in [0.5, 0.6) is 5.75 Å². The van der Waals surface area contributed by atoms with Gasteiger partial charge in [-0.2, -0.15) is 0 Å². The van der Waals surface area contributed by atoms with Crippen molar-refractivity contribution in [1.29, 1.82) is 0 Å². The molecule has 126 valence electrons. The molecule has 0 saturated carbocycles. The highest BCUT2D eigenvalue weighted by Crippen LogP contribution is 2.30. The van der Waals surface area contributed by atoms with Gasteiger partial charge in [0.25, 0.3) is 0 Å². The molecule has 1 aromatic heterocycles. The number of carbonyl (C=O) groups excluding carboxylic acids is 1. The first kappa shape index (κ1) is 17.5. The van der Waals surface area contributed by atoms with Crippen LogP contribution < -0.4 is 9.84 Å². The van der Waals surface area contributed by atoms with E-state index in [0.29, 0.717) is 17.8 Å². The fourth-order valence-electron chi connectivity index (χ4n) is 1.80. The average Bonchev–Trinajstić information content (AvgIpc) is 3.01. The molecule has 9 nitrogen and oxygen atoms in total. The van der Waals surface area contributed by atoms with E-state index >= 15 is 0 Å². The Bertz CT molecular complexity index is 802. The highest BCUT2D eigenvalue weighted by Gasteiger charge is 2.15. The molecule has 0 amide bonds. The van der Waals surface area contributed by atoms with E-state index < -0.39 is 10.9 Å². The van der Waals surface area contributed by atoms with Crippen molar-refractivity contribution >= 4 is 29.5 Å². The van der Waals surface area contributed by atoms with E-state index in [2.05, 4.69) is 15.2 Å². The lowest BCUT2D eigenvalue weighted by Crippen LogP contribution is -2.23. The first-order valence-corrected chi connectivity index (χ1v) is 7.60. The molecule has 0 saturated heterocycles. The number of hydrogen-bond acceptors (Lipinski definition) is 8. The number of methoxy groups -OCH3 is 1. The number of ether oxygens (including phenoxy) is 1. The molecule has 1 aromatic carbocycles. The molecule has 0 aliphatic rings. The molecule has 0 spiro atoms. The van der Waals surface area contributed by atoms with E-state index in [1.54, 1.807) is 0 Å². The maximum absolute atomic E-state index is 11.3. The minimum atomic E-state index is -1.43. The van der Waals surface area contributed by atoms with Crippen LogP contribution >= 0.6 is 11.8 Å². The third-order valence-electron chi connectivity index (χ3n) is 2.95. The molecule has 1 N–H and O–H groups in total. The zero-order chi connectivity index (χ0) is 17.7. The second-order valence-electron chi connectivity index (χ2n) is 4.50. The highest BCUT2D eigenvalue weighted by molar-refractivity contribution is 8.04. The number of nitro groups is 1. The SMILES string of the molecule is CCc1nc(S/C(=C\c2ccc(OC)c([N+](=O)[O-])c2)C(=O)[O-])n[nH]1. The third kappa shape index (κ3) is 4.10. The molecule has 0 radical (unpaired) electrons. The largest absolute Gasteiger partial charge is 0.544 e. The number of carboxylic acids is 1.